The maximum absolute atomic E-state index is 11.0. The molecular formula is C13H15Cl3LiOP. The quantitative estimate of drug-likeness (QED) is 0.335. The summed E-state index contributed by atoms with van der Waals surface area (Å²) in [7, 11) is 2.00. The summed E-state index contributed by atoms with van der Waals surface area (Å²) in [6, 6.07) is 3.08. The standard InChI is InChI=1S/C7H4Cl3OP.C6H11.Li/c8-3-1-2-4(9)6(10)5(3)7(11)12;1-2-4-6-5-3-1;/h1-2H,12H2;1H,2-6H2;/q;-1;+1. The van der Waals surface area contributed by atoms with Crippen LogP contribution in [-0.4, -0.2) is 5.52 Å². The van der Waals surface area contributed by atoms with E-state index in [-0.39, 0.29) is 35.0 Å². The van der Waals surface area contributed by atoms with E-state index in [2.05, 4.69) is 6.42 Å². The van der Waals surface area contributed by atoms with Gasteiger partial charge >= 0.3 is 18.9 Å². The van der Waals surface area contributed by atoms with Crippen molar-refractivity contribution < 1.29 is 23.7 Å². The summed E-state index contributed by atoms with van der Waals surface area (Å²) >= 11 is 17.1. The Bertz CT molecular complexity index is 411. The van der Waals surface area contributed by atoms with Gasteiger partial charge in [-0.3, -0.25) is 4.79 Å². The topological polar surface area (TPSA) is 17.1 Å². The molecule has 1 saturated carbocycles. The van der Waals surface area contributed by atoms with Crippen molar-refractivity contribution >= 4 is 49.6 Å². The van der Waals surface area contributed by atoms with E-state index < -0.39 is 0 Å². The third kappa shape index (κ3) is 6.86. The molecule has 1 fully saturated rings. The maximum Gasteiger partial charge on any atom is 1.00 e. The molecule has 1 unspecified atom stereocenters. The molecular weight excluding hydrogens is 316 g/mol. The molecule has 1 aliphatic rings. The van der Waals surface area contributed by atoms with Gasteiger partial charge in [0.15, 0.2) is 5.52 Å². The van der Waals surface area contributed by atoms with Crippen LogP contribution in [0.1, 0.15) is 42.5 Å². The van der Waals surface area contributed by atoms with Gasteiger partial charge in [0.05, 0.1) is 20.6 Å². The van der Waals surface area contributed by atoms with Crippen molar-refractivity contribution in [2.24, 2.45) is 0 Å². The largest absolute Gasteiger partial charge is 1.00 e. The van der Waals surface area contributed by atoms with Gasteiger partial charge in [0.25, 0.3) is 0 Å². The second-order valence-electron chi connectivity index (χ2n) is 4.01. The summed E-state index contributed by atoms with van der Waals surface area (Å²) in [4.78, 5) is 11.0. The van der Waals surface area contributed by atoms with Gasteiger partial charge in [0.2, 0.25) is 0 Å². The van der Waals surface area contributed by atoms with E-state index in [1.807, 2.05) is 9.24 Å². The van der Waals surface area contributed by atoms with Crippen molar-refractivity contribution in [2.75, 3.05) is 0 Å². The first-order chi connectivity index (χ1) is 8.54. The molecule has 19 heavy (non-hydrogen) atoms. The first-order valence-electron chi connectivity index (χ1n) is 5.79. The van der Waals surface area contributed by atoms with Gasteiger partial charge in [-0.25, -0.2) is 0 Å². The molecule has 0 aromatic heterocycles. The number of rotatable bonds is 1. The molecule has 0 aliphatic heterocycles. The fourth-order valence-electron chi connectivity index (χ4n) is 1.65. The van der Waals surface area contributed by atoms with Crippen LogP contribution >= 0.6 is 44.0 Å². The summed E-state index contributed by atoms with van der Waals surface area (Å²) < 4.78 is 0. The molecule has 2 rings (SSSR count). The van der Waals surface area contributed by atoms with E-state index in [1.165, 1.54) is 38.2 Å². The van der Waals surface area contributed by atoms with Gasteiger partial charge in [-0.05, 0) is 12.1 Å². The van der Waals surface area contributed by atoms with E-state index in [9.17, 15) is 4.79 Å². The van der Waals surface area contributed by atoms with Gasteiger partial charge in [-0.15, -0.1) is 0 Å². The number of hydrogen-bond acceptors (Lipinski definition) is 1. The van der Waals surface area contributed by atoms with Crippen LogP contribution in [0.5, 0.6) is 0 Å². The summed E-state index contributed by atoms with van der Waals surface area (Å²) in [5.41, 5.74) is -0.0247. The average Bonchev–Trinajstić information content (AvgIpc) is 2.37. The number of benzene rings is 1. The van der Waals surface area contributed by atoms with Crippen molar-refractivity contribution in [2.45, 2.75) is 32.1 Å². The maximum atomic E-state index is 11.0. The van der Waals surface area contributed by atoms with Crippen molar-refractivity contribution in [1.29, 1.82) is 0 Å². The molecule has 1 aliphatic carbocycles. The van der Waals surface area contributed by atoms with Crippen molar-refractivity contribution in [3.63, 3.8) is 0 Å². The second-order valence-corrected chi connectivity index (χ2v) is 5.73. The first kappa shape index (κ1) is 19.8. The van der Waals surface area contributed by atoms with Crippen LogP contribution in [0.15, 0.2) is 12.1 Å². The second kappa shape index (κ2) is 10.5. The Morgan fingerprint density at radius 2 is 1.58 bits per heavy atom. The Morgan fingerprint density at radius 3 is 1.89 bits per heavy atom. The summed E-state index contributed by atoms with van der Waals surface area (Å²) in [6.45, 7) is 0. The van der Waals surface area contributed by atoms with Gasteiger partial charge in [-0.2, -0.15) is 12.8 Å². The van der Waals surface area contributed by atoms with Crippen molar-refractivity contribution in [3.8, 4) is 0 Å². The molecule has 1 aromatic carbocycles. The predicted molar refractivity (Wildman–Crippen MR) is 82.9 cm³/mol. The Morgan fingerprint density at radius 1 is 1.05 bits per heavy atom. The summed E-state index contributed by atoms with van der Waals surface area (Å²) in [5.74, 6) is 0. The molecule has 1 nitrogen and oxygen atoms in total. The third-order valence-corrected chi connectivity index (χ3v) is 4.01. The Labute approximate surface area is 144 Å². The fraction of sp³-hybridized carbons (Fsp3) is 0.385. The summed E-state index contributed by atoms with van der Waals surface area (Å²) in [6.07, 6.45) is 9.50. The molecule has 0 N–H and O–H groups in total. The minimum absolute atomic E-state index is 0. The zero-order chi connectivity index (χ0) is 13.5. The van der Waals surface area contributed by atoms with Crippen LogP contribution in [0.3, 0.4) is 0 Å². The molecule has 1 atom stereocenters. The van der Waals surface area contributed by atoms with Crippen LogP contribution in [-0.2, 0) is 0 Å². The Hall–Kier alpha value is 0.787. The average molecular weight is 332 g/mol. The zero-order valence-corrected chi connectivity index (χ0v) is 14.3. The minimum Gasteiger partial charge on any atom is -0.328 e. The molecule has 0 saturated heterocycles. The Kier molecular flexibility index (Phi) is 10.9. The third-order valence-electron chi connectivity index (χ3n) is 2.61. The summed E-state index contributed by atoms with van der Waals surface area (Å²) in [5, 5.41) is 0.834. The molecule has 1 aromatic rings. The van der Waals surface area contributed by atoms with Gasteiger partial charge in [-0.1, -0.05) is 63.3 Å². The van der Waals surface area contributed by atoms with E-state index in [4.69, 9.17) is 34.8 Å². The van der Waals surface area contributed by atoms with E-state index >= 15 is 0 Å². The molecule has 0 heterocycles. The van der Waals surface area contributed by atoms with Gasteiger partial charge < -0.3 is 6.42 Å². The molecule has 6 heteroatoms. The molecule has 0 bridgehead atoms. The van der Waals surface area contributed by atoms with Crippen molar-refractivity contribution in [1.82, 2.24) is 0 Å². The smallest absolute Gasteiger partial charge is 0.328 e. The molecule has 100 valence electrons. The van der Waals surface area contributed by atoms with E-state index in [1.54, 1.807) is 6.07 Å². The molecule has 0 radical (unpaired) electrons. The van der Waals surface area contributed by atoms with Crippen molar-refractivity contribution in [3.05, 3.63) is 39.2 Å². The van der Waals surface area contributed by atoms with Gasteiger partial charge in [0.1, 0.15) is 0 Å². The number of carbonyl (C=O) groups excluding carboxylic acids is 1. The van der Waals surface area contributed by atoms with Crippen LogP contribution in [0, 0.1) is 6.42 Å². The minimum atomic E-state index is -0.271. The van der Waals surface area contributed by atoms with E-state index in [0.29, 0.717) is 10.0 Å². The van der Waals surface area contributed by atoms with Crippen LogP contribution in [0.4, 0.5) is 0 Å². The number of hydrogen-bond donors (Lipinski definition) is 0. The normalized spacial score (nSPS) is 13.9. The fourth-order valence-corrected chi connectivity index (χ4v) is 2.85. The number of halogens is 3. The van der Waals surface area contributed by atoms with Gasteiger partial charge in [0, 0.05) is 0 Å². The monoisotopic (exact) mass is 330 g/mol. The van der Waals surface area contributed by atoms with Crippen LogP contribution in [0.2, 0.25) is 15.1 Å². The van der Waals surface area contributed by atoms with Crippen LogP contribution in [0.25, 0.3) is 0 Å². The first-order valence-corrected chi connectivity index (χ1v) is 7.50. The molecule has 0 amide bonds. The van der Waals surface area contributed by atoms with E-state index in [0.717, 1.165) is 0 Å². The van der Waals surface area contributed by atoms with Crippen LogP contribution < -0.4 is 18.9 Å². The number of carbonyl (C=O) groups is 1. The SMILES string of the molecule is O=C(P)c1c(Cl)ccc(Cl)c1Cl.[CH-]1CCCCC1.[Li+]. The molecule has 0 spiro atoms. The predicted octanol–water partition coefficient (Wildman–Crippen LogP) is 2.82. The Balaban J connectivity index is 0.000000392. The zero-order valence-electron chi connectivity index (χ0n) is 10.9.